The standard InChI is InChI=1S/C17H18N4O3/c1-4-23-17(22)14-18-15(13-11(2)20-24-16(13)19-14)21(3)10-12-8-6-5-7-9-12/h5-9H,4,10H2,1-3H3. The zero-order valence-corrected chi connectivity index (χ0v) is 13.8. The van der Waals surface area contributed by atoms with Crippen LogP contribution in [-0.2, 0) is 11.3 Å². The number of anilines is 1. The molecule has 0 saturated carbocycles. The maximum atomic E-state index is 12.0. The summed E-state index contributed by atoms with van der Waals surface area (Å²) < 4.78 is 10.2. The molecule has 7 heteroatoms. The van der Waals surface area contributed by atoms with E-state index in [-0.39, 0.29) is 18.1 Å². The monoisotopic (exact) mass is 326 g/mol. The second kappa shape index (κ2) is 6.66. The first-order valence-corrected chi connectivity index (χ1v) is 7.66. The molecule has 24 heavy (non-hydrogen) atoms. The fourth-order valence-corrected chi connectivity index (χ4v) is 2.46. The third-order valence-corrected chi connectivity index (χ3v) is 3.57. The average Bonchev–Trinajstić information content (AvgIpc) is 2.96. The van der Waals surface area contributed by atoms with Crippen molar-refractivity contribution in [2.75, 3.05) is 18.6 Å². The zero-order chi connectivity index (χ0) is 17.1. The number of esters is 1. The van der Waals surface area contributed by atoms with Gasteiger partial charge in [-0.15, -0.1) is 0 Å². The molecule has 0 spiro atoms. The van der Waals surface area contributed by atoms with E-state index in [0.717, 1.165) is 5.56 Å². The van der Waals surface area contributed by atoms with E-state index in [1.807, 2.05) is 49.2 Å². The lowest BCUT2D eigenvalue weighted by atomic mass is 10.2. The van der Waals surface area contributed by atoms with Gasteiger partial charge >= 0.3 is 5.97 Å². The minimum absolute atomic E-state index is 0.0320. The fourth-order valence-electron chi connectivity index (χ4n) is 2.46. The van der Waals surface area contributed by atoms with Gasteiger partial charge in [0, 0.05) is 13.6 Å². The Balaban J connectivity index is 2.03. The lowest BCUT2D eigenvalue weighted by Crippen LogP contribution is -2.20. The smallest absolute Gasteiger partial charge is 0.376 e. The van der Waals surface area contributed by atoms with Crippen molar-refractivity contribution in [1.82, 2.24) is 15.1 Å². The number of hydrogen-bond acceptors (Lipinski definition) is 7. The van der Waals surface area contributed by atoms with Crippen molar-refractivity contribution in [3.63, 3.8) is 0 Å². The summed E-state index contributed by atoms with van der Waals surface area (Å²) in [4.78, 5) is 22.4. The number of aromatic nitrogens is 3. The van der Waals surface area contributed by atoms with Gasteiger partial charge in [0.25, 0.3) is 5.71 Å². The lowest BCUT2D eigenvalue weighted by Gasteiger charge is -2.19. The Kier molecular flexibility index (Phi) is 4.41. The molecule has 2 heterocycles. The topological polar surface area (TPSA) is 81.4 Å². The van der Waals surface area contributed by atoms with E-state index in [4.69, 9.17) is 9.26 Å². The van der Waals surface area contributed by atoms with Crippen LogP contribution < -0.4 is 4.90 Å². The Morgan fingerprint density at radius 3 is 2.71 bits per heavy atom. The highest BCUT2D eigenvalue weighted by molar-refractivity contribution is 5.93. The highest BCUT2D eigenvalue weighted by atomic mass is 16.5. The van der Waals surface area contributed by atoms with E-state index in [1.165, 1.54) is 0 Å². The van der Waals surface area contributed by atoms with Crippen LogP contribution in [0.25, 0.3) is 11.1 Å². The number of hydrogen-bond donors (Lipinski definition) is 0. The van der Waals surface area contributed by atoms with Gasteiger partial charge in [0.15, 0.2) is 0 Å². The second-order valence-electron chi connectivity index (χ2n) is 5.38. The number of carbonyl (C=O) groups excluding carboxylic acids is 1. The Labute approximate surface area is 139 Å². The fraction of sp³-hybridized carbons (Fsp3) is 0.294. The normalized spacial score (nSPS) is 10.8. The van der Waals surface area contributed by atoms with Crippen molar-refractivity contribution in [2.24, 2.45) is 0 Å². The molecular formula is C17H18N4O3. The van der Waals surface area contributed by atoms with Gasteiger partial charge in [-0.3, -0.25) is 0 Å². The molecular weight excluding hydrogens is 308 g/mol. The summed E-state index contributed by atoms with van der Waals surface area (Å²) in [5, 5.41) is 4.63. The van der Waals surface area contributed by atoms with Crippen molar-refractivity contribution in [1.29, 1.82) is 0 Å². The van der Waals surface area contributed by atoms with Crippen LogP contribution in [0.5, 0.6) is 0 Å². The van der Waals surface area contributed by atoms with Crippen molar-refractivity contribution in [3.05, 3.63) is 47.4 Å². The molecule has 0 bridgehead atoms. The molecule has 0 aliphatic rings. The van der Waals surface area contributed by atoms with E-state index >= 15 is 0 Å². The van der Waals surface area contributed by atoms with Gasteiger partial charge < -0.3 is 14.2 Å². The van der Waals surface area contributed by atoms with Gasteiger partial charge in [-0.2, -0.15) is 4.98 Å². The summed E-state index contributed by atoms with van der Waals surface area (Å²) in [7, 11) is 1.90. The second-order valence-corrected chi connectivity index (χ2v) is 5.38. The molecule has 0 aliphatic heterocycles. The molecule has 3 rings (SSSR count). The maximum Gasteiger partial charge on any atom is 0.376 e. The first-order chi connectivity index (χ1) is 11.6. The zero-order valence-electron chi connectivity index (χ0n) is 13.8. The van der Waals surface area contributed by atoms with E-state index in [9.17, 15) is 4.79 Å². The van der Waals surface area contributed by atoms with Gasteiger partial charge in [0.2, 0.25) is 5.82 Å². The highest BCUT2D eigenvalue weighted by Crippen LogP contribution is 2.27. The largest absolute Gasteiger partial charge is 0.460 e. The summed E-state index contributed by atoms with van der Waals surface area (Å²) in [5.41, 5.74) is 2.08. The molecule has 124 valence electrons. The minimum Gasteiger partial charge on any atom is -0.460 e. The molecule has 0 unspecified atom stereocenters. The lowest BCUT2D eigenvalue weighted by molar-refractivity contribution is 0.0512. The van der Waals surface area contributed by atoms with Gasteiger partial charge in [-0.1, -0.05) is 35.5 Å². The number of benzene rings is 1. The Hall–Kier alpha value is -2.96. The minimum atomic E-state index is -0.581. The highest BCUT2D eigenvalue weighted by Gasteiger charge is 2.21. The number of carbonyl (C=O) groups is 1. The Morgan fingerprint density at radius 1 is 1.25 bits per heavy atom. The molecule has 7 nitrogen and oxygen atoms in total. The van der Waals surface area contributed by atoms with E-state index < -0.39 is 5.97 Å². The van der Waals surface area contributed by atoms with Crippen LogP contribution in [0.4, 0.5) is 5.82 Å². The predicted octanol–water partition coefficient (Wildman–Crippen LogP) is 2.74. The van der Waals surface area contributed by atoms with Crippen LogP contribution in [0.2, 0.25) is 0 Å². The van der Waals surface area contributed by atoms with Crippen LogP contribution in [0.3, 0.4) is 0 Å². The quantitative estimate of drug-likeness (QED) is 0.667. The summed E-state index contributed by atoms with van der Waals surface area (Å²) in [6.45, 7) is 4.43. The van der Waals surface area contributed by atoms with Crippen LogP contribution in [0.1, 0.15) is 28.8 Å². The third-order valence-electron chi connectivity index (χ3n) is 3.57. The van der Waals surface area contributed by atoms with Crippen LogP contribution >= 0.6 is 0 Å². The SMILES string of the molecule is CCOC(=O)c1nc(N(C)Cc2ccccc2)c2c(C)noc2n1. The van der Waals surface area contributed by atoms with Crippen molar-refractivity contribution < 1.29 is 14.1 Å². The summed E-state index contributed by atoms with van der Waals surface area (Å²) in [5.74, 6) is -0.0242. The Morgan fingerprint density at radius 2 is 2.00 bits per heavy atom. The molecule has 0 N–H and O–H groups in total. The third kappa shape index (κ3) is 3.05. The summed E-state index contributed by atoms with van der Waals surface area (Å²) >= 11 is 0. The van der Waals surface area contributed by atoms with Gasteiger partial charge in [0.05, 0.1) is 12.3 Å². The predicted molar refractivity (Wildman–Crippen MR) is 88.8 cm³/mol. The number of fused-ring (bicyclic) bond motifs is 1. The van der Waals surface area contributed by atoms with E-state index in [1.54, 1.807) is 6.92 Å². The first-order valence-electron chi connectivity index (χ1n) is 7.66. The van der Waals surface area contributed by atoms with Gasteiger partial charge in [-0.25, -0.2) is 9.78 Å². The average molecular weight is 326 g/mol. The number of aryl methyl sites for hydroxylation is 1. The molecule has 0 radical (unpaired) electrons. The van der Waals surface area contributed by atoms with Crippen molar-refractivity contribution >= 4 is 22.9 Å². The van der Waals surface area contributed by atoms with Gasteiger partial charge in [-0.05, 0) is 19.4 Å². The van der Waals surface area contributed by atoms with Crippen molar-refractivity contribution in [2.45, 2.75) is 20.4 Å². The van der Waals surface area contributed by atoms with Crippen molar-refractivity contribution in [3.8, 4) is 0 Å². The molecule has 3 aromatic rings. The summed E-state index contributed by atoms with van der Waals surface area (Å²) in [6.07, 6.45) is 0. The molecule has 0 aliphatic carbocycles. The molecule has 0 atom stereocenters. The van der Waals surface area contributed by atoms with E-state index in [0.29, 0.717) is 23.4 Å². The molecule has 0 amide bonds. The van der Waals surface area contributed by atoms with Crippen LogP contribution in [0, 0.1) is 6.92 Å². The number of rotatable bonds is 5. The molecule has 0 fully saturated rings. The maximum absolute atomic E-state index is 12.0. The number of ether oxygens (including phenoxy) is 1. The Bertz CT molecular complexity index is 861. The first kappa shape index (κ1) is 15.9. The van der Waals surface area contributed by atoms with Crippen LogP contribution in [-0.4, -0.2) is 34.7 Å². The molecule has 1 aromatic carbocycles. The number of nitrogens with zero attached hydrogens (tertiary/aromatic N) is 4. The molecule has 0 saturated heterocycles. The van der Waals surface area contributed by atoms with Gasteiger partial charge in [0.1, 0.15) is 11.2 Å². The van der Waals surface area contributed by atoms with E-state index in [2.05, 4.69) is 15.1 Å². The summed E-state index contributed by atoms with van der Waals surface area (Å²) in [6, 6.07) is 9.99. The molecule has 2 aromatic heterocycles. The van der Waals surface area contributed by atoms with Crippen LogP contribution in [0.15, 0.2) is 34.9 Å².